The van der Waals surface area contributed by atoms with E-state index in [1.807, 2.05) is 0 Å². The summed E-state index contributed by atoms with van der Waals surface area (Å²) in [4.78, 5) is 21.5. The molecule has 2 aromatic heterocycles. The van der Waals surface area contributed by atoms with Crippen molar-refractivity contribution >= 4 is 24.8 Å². The molecule has 12 nitrogen and oxygen atoms in total. The largest absolute Gasteiger partial charge is 0.472 e. The Labute approximate surface area is 153 Å². The molecule has 146 valence electrons. The maximum Gasteiger partial charge on any atom is 0.472 e. The van der Waals surface area contributed by atoms with Crippen molar-refractivity contribution < 1.29 is 33.1 Å². The summed E-state index contributed by atoms with van der Waals surface area (Å²) in [6, 6.07) is 0. The minimum Gasteiger partial charge on any atom is -0.386 e. The first-order chi connectivity index (χ1) is 12.9. The highest BCUT2D eigenvalue weighted by Gasteiger charge is 2.47. The van der Waals surface area contributed by atoms with E-state index in [0.29, 0.717) is 11.2 Å². The normalized spacial score (nSPS) is 27.5. The number of nitrogen functional groups attached to an aromatic ring is 1. The monoisotopic (exact) mass is 399 g/mol. The number of phosphoric ester groups is 1. The molecule has 3 rings (SSSR count). The fourth-order valence-corrected chi connectivity index (χ4v) is 3.15. The van der Waals surface area contributed by atoms with Crippen LogP contribution in [0.1, 0.15) is 6.23 Å². The van der Waals surface area contributed by atoms with Gasteiger partial charge < -0.3 is 25.2 Å². The summed E-state index contributed by atoms with van der Waals surface area (Å²) in [7, 11) is -3.21. The highest BCUT2D eigenvalue weighted by molar-refractivity contribution is 7.47. The molecular weight excluding hydrogens is 381 g/mol. The Hall–Kier alpha value is -2.10. The van der Waals surface area contributed by atoms with E-state index in [1.165, 1.54) is 17.2 Å². The number of imidazole rings is 1. The molecule has 1 aliphatic heterocycles. The summed E-state index contributed by atoms with van der Waals surface area (Å²) in [6.45, 7) is -0.483. The van der Waals surface area contributed by atoms with E-state index >= 15 is 0 Å². The number of fused-ring (bicyclic) bond motifs is 1. The van der Waals surface area contributed by atoms with Gasteiger partial charge in [0.2, 0.25) is 0 Å². The summed E-state index contributed by atoms with van der Waals surface area (Å²) in [5.74, 6) is 2.46. The van der Waals surface area contributed by atoms with Gasteiger partial charge in [0, 0.05) is 7.11 Å². The SMILES string of the molecule is C#CCOC1C(O)[C@H](n2cnc3c(N)ncnc32)O[C@@H]1COP(=O)(O)OC. The Kier molecular flexibility index (Phi) is 5.73. The van der Waals surface area contributed by atoms with Crippen molar-refractivity contribution in [2.24, 2.45) is 0 Å². The van der Waals surface area contributed by atoms with Crippen LogP contribution in [-0.4, -0.2) is 68.2 Å². The van der Waals surface area contributed by atoms with Gasteiger partial charge in [-0.2, -0.15) is 0 Å². The number of phosphoric acid groups is 1. The lowest BCUT2D eigenvalue weighted by Crippen LogP contribution is -2.36. The third-order valence-corrected chi connectivity index (χ3v) is 4.90. The quantitative estimate of drug-likeness (QED) is 0.404. The first-order valence-electron chi connectivity index (χ1n) is 7.72. The maximum absolute atomic E-state index is 11.5. The first kappa shape index (κ1) is 19.7. The van der Waals surface area contributed by atoms with Gasteiger partial charge in [-0.05, 0) is 0 Å². The van der Waals surface area contributed by atoms with Crippen LogP contribution in [0.15, 0.2) is 12.7 Å². The Morgan fingerprint density at radius 2 is 2.26 bits per heavy atom. The molecule has 3 unspecified atom stereocenters. The molecule has 0 aromatic carbocycles. The second-order valence-corrected chi connectivity index (χ2v) is 7.13. The average molecular weight is 399 g/mol. The molecule has 4 N–H and O–H groups in total. The van der Waals surface area contributed by atoms with Crippen molar-refractivity contribution in [3.63, 3.8) is 0 Å². The number of hydrogen-bond acceptors (Lipinski definition) is 10. The van der Waals surface area contributed by atoms with E-state index in [-0.39, 0.29) is 19.0 Å². The minimum atomic E-state index is -4.24. The van der Waals surface area contributed by atoms with Crippen LogP contribution in [-0.2, 0) is 23.1 Å². The Morgan fingerprint density at radius 1 is 1.48 bits per heavy atom. The topological polar surface area (TPSA) is 164 Å². The molecule has 0 spiro atoms. The third-order valence-electron chi connectivity index (χ3n) is 3.96. The third kappa shape index (κ3) is 3.95. The van der Waals surface area contributed by atoms with E-state index in [9.17, 15) is 14.6 Å². The van der Waals surface area contributed by atoms with Gasteiger partial charge in [0.05, 0.1) is 12.9 Å². The van der Waals surface area contributed by atoms with Crippen LogP contribution in [0.2, 0.25) is 0 Å². The molecule has 1 fully saturated rings. The number of aromatic nitrogens is 4. The van der Waals surface area contributed by atoms with Gasteiger partial charge in [-0.15, -0.1) is 6.42 Å². The molecule has 0 bridgehead atoms. The van der Waals surface area contributed by atoms with E-state index < -0.39 is 32.4 Å². The summed E-state index contributed by atoms with van der Waals surface area (Å²) in [6.07, 6.45) is 3.84. The molecule has 5 atom stereocenters. The van der Waals surface area contributed by atoms with Crippen LogP contribution >= 0.6 is 7.82 Å². The molecule has 2 aromatic rings. The second kappa shape index (κ2) is 7.87. The second-order valence-electron chi connectivity index (χ2n) is 5.57. The Balaban J connectivity index is 1.86. The number of anilines is 1. The molecular formula is C14H18N5O7P. The molecule has 13 heteroatoms. The van der Waals surface area contributed by atoms with Crippen molar-refractivity contribution in [1.82, 2.24) is 19.5 Å². The van der Waals surface area contributed by atoms with Crippen LogP contribution in [0.4, 0.5) is 5.82 Å². The van der Waals surface area contributed by atoms with Gasteiger partial charge in [0.1, 0.15) is 36.8 Å². The van der Waals surface area contributed by atoms with Gasteiger partial charge >= 0.3 is 7.82 Å². The van der Waals surface area contributed by atoms with Crippen molar-refractivity contribution in [2.75, 3.05) is 26.1 Å². The Bertz CT molecular complexity index is 900. The average Bonchev–Trinajstić information content (AvgIpc) is 3.20. The number of nitrogens with two attached hydrogens (primary N) is 1. The predicted octanol–water partition coefficient (Wildman–Crippen LogP) is -0.551. The number of aliphatic hydroxyl groups is 1. The fraction of sp³-hybridized carbons (Fsp3) is 0.500. The summed E-state index contributed by atoms with van der Waals surface area (Å²) < 4.78 is 33.4. The number of ether oxygens (including phenoxy) is 2. The van der Waals surface area contributed by atoms with Crippen LogP contribution in [0.3, 0.4) is 0 Å². The van der Waals surface area contributed by atoms with Crippen LogP contribution in [0.25, 0.3) is 11.2 Å². The van der Waals surface area contributed by atoms with E-state index in [0.717, 1.165) is 7.11 Å². The summed E-state index contributed by atoms with van der Waals surface area (Å²) >= 11 is 0. The summed E-state index contributed by atoms with van der Waals surface area (Å²) in [5, 5.41) is 10.7. The van der Waals surface area contributed by atoms with Gasteiger partial charge in [0.25, 0.3) is 0 Å². The van der Waals surface area contributed by atoms with Crippen molar-refractivity contribution in [1.29, 1.82) is 0 Å². The van der Waals surface area contributed by atoms with Gasteiger partial charge in [-0.1, -0.05) is 5.92 Å². The van der Waals surface area contributed by atoms with Crippen LogP contribution in [0.5, 0.6) is 0 Å². The zero-order valence-electron chi connectivity index (χ0n) is 14.2. The number of nitrogens with zero attached hydrogens (tertiary/aromatic N) is 4. The molecule has 0 amide bonds. The van der Waals surface area contributed by atoms with E-state index in [1.54, 1.807) is 0 Å². The number of hydrogen-bond donors (Lipinski definition) is 3. The van der Waals surface area contributed by atoms with Crippen molar-refractivity contribution in [3.8, 4) is 12.3 Å². The number of terminal acetylenes is 1. The minimum absolute atomic E-state index is 0.102. The van der Waals surface area contributed by atoms with Crippen molar-refractivity contribution in [3.05, 3.63) is 12.7 Å². The molecule has 0 saturated carbocycles. The lowest BCUT2D eigenvalue weighted by Gasteiger charge is -2.20. The van der Waals surface area contributed by atoms with Crippen LogP contribution < -0.4 is 5.73 Å². The zero-order chi connectivity index (χ0) is 19.6. The van der Waals surface area contributed by atoms with Crippen molar-refractivity contribution in [2.45, 2.75) is 24.5 Å². The summed E-state index contributed by atoms with van der Waals surface area (Å²) in [5.41, 5.74) is 6.45. The van der Waals surface area contributed by atoms with E-state index in [2.05, 4.69) is 25.4 Å². The standard InChI is InChI=1S/C14H18N5O7P/c1-3-4-24-11-8(5-25-27(21,22)23-2)26-14(10(11)20)19-7-18-9-12(15)16-6-17-13(9)19/h1,6-8,10-11,14,20H,4-5H2,2H3,(H,21,22)(H2,15,16,17)/t8-,10?,11?,14-/m1/s1. The van der Waals surface area contributed by atoms with E-state index in [4.69, 9.17) is 26.2 Å². The number of aliphatic hydroxyl groups excluding tert-OH is 1. The van der Waals surface area contributed by atoms with Gasteiger partial charge in [0.15, 0.2) is 17.7 Å². The lowest BCUT2D eigenvalue weighted by atomic mass is 10.1. The smallest absolute Gasteiger partial charge is 0.386 e. The molecule has 0 aliphatic carbocycles. The molecule has 0 radical (unpaired) electrons. The molecule has 1 aliphatic rings. The lowest BCUT2D eigenvalue weighted by molar-refractivity contribution is -0.0556. The fourth-order valence-electron chi connectivity index (χ4n) is 2.71. The highest BCUT2D eigenvalue weighted by Crippen LogP contribution is 2.43. The number of rotatable bonds is 7. The van der Waals surface area contributed by atoms with Gasteiger partial charge in [-0.3, -0.25) is 13.6 Å². The predicted molar refractivity (Wildman–Crippen MR) is 91.0 cm³/mol. The van der Waals surface area contributed by atoms with Crippen LogP contribution in [0, 0.1) is 12.3 Å². The first-order valence-corrected chi connectivity index (χ1v) is 9.22. The Morgan fingerprint density at radius 3 is 2.96 bits per heavy atom. The zero-order valence-corrected chi connectivity index (χ0v) is 15.1. The molecule has 3 heterocycles. The molecule has 27 heavy (non-hydrogen) atoms. The maximum atomic E-state index is 11.5. The van der Waals surface area contributed by atoms with Gasteiger partial charge in [-0.25, -0.2) is 19.5 Å². The molecule has 1 saturated heterocycles. The highest BCUT2D eigenvalue weighted by atomic mass is 31.2.